The lowest BCUT2D eigenvalue weighted by molar-refractivity contribution is -0.136. The molecule has 0 saturated heterocycles. The molecule has 0 bridgehead atoms. The van der Waals surface area contributed by atoms with Crippen LogP contribution >= 0.6 is 0 Å². The summed E-state index contributed by atoms with van der Waals surface area (Å²) in [6, 6.07) is -0.391. The summed E-state index contributed by atoms with van der Waals surface area (Å²) in [5.74, 6) is -0.260. The first-order valence-corrected chi connectivity index (χ1v) is 3.45. The number of hydrogen-bond donors (Lipinski definition) is 1. The third-order valence-electron chi connectivity index (χ3n) is 1.70. The van der Waals surface area contributed by atoms with Gasteiger partial charge in [0.25, 0.3) is 0 Å². The number of rotatable bonds is 2. The van der Waals surface area contributed by atoms with Gasteiger partial charge in [-0.05, 0) is 6.92 Å². The molecule has 4 nitrogen and oxygen atoms in total. The van der Waals surface area contributed by atoms with E-state index in [-0.39, 0.29) is 11.8 Å². The molecule has 0 unspecified atom stereocenters. The Hall–Kier alpha value is -1.06. The highest BCUT2D eigenvalue weighted by Gasteiger charge is 2.17. The summed E-state index contributed by atoms with van der Waals surface area (Å²) < 4.78 is 0. The van der Waals surface area contributed by atoms with Crippen LogP contribution in [0.25, 0.3) is 0 Å². The molecule has 0 heterocycles. The number of hydrogen-bond acceptors (Lipinski definition) is 2. The van der Waals surface area contributed by atoms with E-state index < -0.39 is 6.04 Å². The topological polar surface area (TPSA) is 49.4 Å². The first-order valence-electron chi connectivity index (χ1n) is 3.45. The fourth-order valence-electron chi connectivity index (χ4n) is 0.657. The third-order valence-corrected chi connectivity index (χ3v) is 1.70. The van der Waals surface area contributed by atoms with Gasteiger partial charge in [-0.2, -0.15) is 0 Å². The Labute approximate surface area is 66.6 Å². The van der Waals surface area contributed by atoms with Gasteiger partial charge in [0, 0.05) is 21.0 Å². The molecule has 11 heavy (non-hydrogen) atoms. The number of amides is 2. The van der Waals surface area contributed by atoms with E-state index in [9.17, 15) is 9.59 Å². The van der Waals surface area contributed by atoms with Crippen LogP contribution in [0.3, 0.4) is 0 Å². The molecule has 0 aliphatic rings. The minimum Gasteiger partial charge on any atom is -0.357 e. The quantitative estimate of drug-likeness (QED) is 0.594. The predicted octanol–water partition coefficient (Wildman–Crippen LogP) is -0.401. The highest BCUT2D eigenvalue weighted by molar-refractivity contribution is 5.86. The van der Waals surface area contributed by atoms with Gasteiger partial charge >= 0.3 is 0 Å². The maximum atomic E-state index is 11.0. The van der Waals surface area contributed by atoms with E-state index in [4.69, 9.17) is 0 Å². The van der Waals surface area contributed by atoms with Gasteiger partial charge in [-0.1, -0.05) is 0 Å². The van der Waals surface area contributed by atoms with E-state index in [1.165, 1.54) is 11.8 Å². The lowest BCUT2D eigenvalue weighted by Crippen LogP contribution is -2.43. The molecule has 0 rings (SSSR count). The predicted molar refractivity (Wildman–Crippen MR) is 42.0 cm³/mol. The maximum absolute atomic E-state index is 11.0. The molecule has 0 aromatic rings. The Kier molecular flexibility index (Phi) is 3.57. The van der Waals surface area contributed by atoms with Gasteiger partial charge in [-0.3, -0.25) is 9.59 Å². The molecule has 4 heteroatoms. The summed E-state index contributed by atoms with van der Waals surface area (Å²) in [7, 11) is 3.15. The third kappa shape index (κ3) is 2.57. The molecular weight excluding hydrogens is 144 g/mol. The van der Waals surface area contributed by atoms with Crippen molar-refractivity contribution in [3.63, 3.8) is 0 Å². The summed E-state index contributed by atoms with van der Waals surface area (Å²) in [5.41, 5.74) is 0. The second-order valence-corrected chi connectivity index (χ2v) is 2.42. The van der Waals surface area contributed by atoms with Gasteiger partial charge in [0.2, 0.25) is 11.8 Å². The first-order chi connectivity index (χ1) is 5.00. The normalized spacial score (nSPS) is 12.0. The van der Waals surface area contributed by atoms with Crippen molar-refractivity contribution in [1.29, 1.82) is 0 Å². The van der Waals surface area contributed by atoms with E-state index in [1.807, 2.05) is 0 Å². The molecule has 64 valence electrons. The molecule has 0 aromatic heterocycles. The number of likely N-dealkylation sites (N-methyl/N-ethyl adjacent to an activating group) is 2. The Morgan fingerprint density at radius 2 is 1.91 bits per heavy atom. The number of nitrogens with zero attached hydrogens (tertiary/aromatic N) is 1. The molecule has 0 radical (unpaired) electrons. The molecule has 0 aliphatic heterocycles. The van der Waals surface area contributed by atoms with Crippen LogP contribution in [0.2, 0.25) is 0 Å². The van der Waals surface area contributed by atoms with Crippen molar-refractivity contribution < 1.29 is 9.59 Å². The van der Waals surface area contributed by atoms with Crippen LogP contribution in [-0.2, 0) is 9.59 Å². The Morgan fingerprint density at radius 1 is 1.45 bits per heavy atom. The lowest BCUT2D eigenvalue weighted by atomic mass is 10.3. The van der Waals surface area contributed by atoms with Crippen LogP contribution in [0.15, 0.2) is 0 Å². The van der Waals surface area contributed by atoms with Crippen LogP contribution in [0.4, 0.5) is 0 Å². The van der Waals surface area contributed by atoms with Crippen LogP contribution in [0.5, 0.6) is 0 Å². The number of carbonyl (C=O) groups is 2. The molecule has 2 amide bonds. The van der Waals surface area contributed by atoms with Crippen molar-refractivity contribution in [2.24, 2.45) is 0 Å². The standard InChI is InChI=1S/C7H14N2O2/c1-5(7(11)8-3)9(4)6(2)10/h5H,1-4H3,(H,8,11)/t5-/m0/s1. The molecule has 0 aromatic carbocycles. The second kappa shape index (κ2) is 3.95. The molecule has 1 N–H and O–H groups in total. The first kappa shape index (κ1) is 9.94. The van der Waals surface area contributed by atoms with Crippen molar-refractivity contribution in [2.45, 2.75) is 19.9 Å². The van der Waals surface area contributed by atoms with E-state index >= 15 is 0 Å². The summed E-state index contributed by atoms with van der Waals surface area (Å²) in [4.78, 5) is 23.1. The fraction of sp³-hybridized carbons (Fsp3) is 0.714. The SMILES string of the molecule is CNC(=O)[C@H](C)N(C)C(C)=O. The van der Waals surface area contributed by atoms with Crippen molar-refractivity contribution in [3.8, 4) is 0 Å². The Morgan fingerprint density at radius 3 is 2.18 bits per heavy atom. The number of nitrogens with one attached hydrogen (secondary N) is 1. The van der Waals surface area contributed by atoms with Crippen molar-refractivity contribution in [3.05, 3.63) is 0 Å². The average molecular weight is 158 g/mol. The van der Waals surface area contributed by atoms with Crippen LogP contribution in [-0.4, -0.2) is 36.9 Å². The largest absolute Gasteiger partial charge is 0.357 e. The minimum absolute atomic E-state index is 0.110. The highest BCUT2D eigenvalue weighted by atomic mass is 16.2. The number of carbonyl (C=O) groups excluding carboxylic acids is 2. The van der Waals surface area contributed by atoms with Crippen LogP contribution < -0.4 is 5.32 Å². The molecule has 0 aliphatic carbocycles. The smallest absolute Gasteiger partial charge is 0.242 e. The highest BCUT2D eigenvalue weighted by Crippen LogP contribution is 1.94. The summed E-state index contributed by atoms with van der Waals surface area (Å²) in [6.45, 7) is 3.11. The van der Waals surface area contributed by atoms with E-state index in [0.717, 1.165) is 0 Å². The van der Waals surface area contributed by atoms with Crippen LogP contribution in [0.1, 0.15) is 13.8 Å². The molecule has 0 saturated carbocycles. The van der Waals surface area contributed by atoms with Gasteiger partial charge in [-0.25, -0.2) is 0 Å². The van der Waals surface area contributed by atoms with Gasteiger partial charge in [0.15, 0.2) is 0 Å². The van der Waals surface area contributed by atoms with Crippen molar-refractivity contribution in [2.75, 3.05) is 14.1 Å². The van der Waals surface area contributed by atoms with Gasteiger partial charge in [0.1, 0.15) is 6.04 Å². The molecule has 0 spiro atoms. The fourth-order valence-corrected chi connectivity index (χ4v) is 0.657. The van der Waals surface area contributed by atoms with Crippen molar-refractivity contribution >= 4 is 11.8 Å². The van der Waals surface area contributed by atoms with E-state index in [1.54, 1.807) is 21.0 Å². The van der Waals surface area contributed by atoms with Gasteiger partial charge in [0.05, 0.1) is 0 Å². The van der Waals surface area contributed by atoms with Crippen LogP contribution in [0, 0.1) is 0 Å². The Bertz CT molecular complexity index is 168. The molecular formula is C7H14N2O2. The average Bonchev–Trinajstić information content (AvgIpc) is 2.00. The van der Waals surface area contributed by atoms with Crippen molar-refractivity contribution in [1.82, 2.24) is 10.2 Å². The molecule has 0 fully saturated rings. The zero-order valence-electron chi connectivity index (χ0n) is 7.34. The summed E-state index contributed by atoms with van der Waals surface area (Å²) in [6.07, 6.45) is 0. The zero-order valence-corrected chi connectivity index (χ0v) is 7.34. The lowest BCUT2D eigenvalue weighted by Gasteiger charge is -2.21. The second-order valence-electron chi connectivity index (χ2n) is 2.42. The van der Waals surface area contributed by atoms with Gasteiger partial charge < -0.3 is 10.2 Å². The molecule has 1 atom stereocenters. The summed E-state index contributed by atoms with van der Waals surface area (Å²) in [5, 5.41) is 2.47. The summed E-state index contributed by atoms with van der Waals surface area (Å²) >= 11 is 0. The zero-order chi connectivity index (χ0) is 9.02. The van der Waals surface area contributed by atoms with E-state index in [2.05, 4.69) is 5.32 Å². The van der Waals surface area contributed by atoms with Gasteiger partial charge in [-0.15, -0.1) is 0 Å². The maximum Gasteiger partial charge on any atom is 0.242 e. The monoisotopic (exact) mass is 158 g/mol. The van der Waals surface area contributed by atoms with E-state index in [0.29, 0.717) is 0 Å². The Balaban J connectivity index is 4.12. The minimum atomic E-state index is -0.391.